The van der Waals surface area contributed by atoms with E-state index in [-0.39, 0.29) is 10.8 Å². The van der Waals surface area contributed by atoms with Crippen LogP contribution < -0.4 is 4.74 Å². The molecule has 1 aromatic carbocycles. The van der Waals surface area contributed by atoms with Crippen molar-refractivity contribution in [2.75, 3.05) is 7.11 Å². The molecule has 132 valence electrons. The number of hydrogen-bond acceptors (Lipinski definition) is 2. The monoisotopic (exact) mass is 344 g/mol. The Morgan fingerprint density at radius 3 is 2.00 bits per heavy atom. The number of aliphatic hydroxyl groups is 1. The summed E-state index contributed by atoms with van der Waals surface area (Å²) in [5.74, 6) is 3.80. The second kappa shape index (κ2) is 6.24. The van der Waals surface area contributed by atoms with Crippen molar-refractivity contribution >= 4 is 8.07 Å². The molecule has 1 unspecified atom stereocenters. The van der Waals surface area contributed by atoms with Gasteiger partial charge in [-0.25, -0.2) is 0 Å². The van der Waals surface area contributed by atoms with Gasteiger partial charge >= 0.3 is 0 Å². The Kier molecular flexibility index (Phi) is 4.96. The molecule has 1 aromatic rings. The molecule has 1 aliphatic carbocycles. The molecule has 0 radical (unpaired) electrons. The van der Waals surface area contributed by atoms with Crippen LogP contribution in [0.4, 0.5) is 0 Å². The van der Waals surface area contributed by atoms with Crippen molar-refractivity contribution < 1.29 is 9.84 Å². The van der Waals surface area contributed by atoms with Crippen molar-refractivity contribution in [2.24, 2.45) is 0 Å². The fourth-order valence-corrected chi connectivity index (χ4v) is 3.93. The lowest BCUT2D eigenvalue weighted by molar-refractivity contribution is 0.231. The average Bonchev–Trinajstić information content (AvgIpc) is 2.47. The van der Waals surface area contributed by atoms with Crippen LogP contribution in [-0.4, -0.2) is 20.3 Å². The van der Waals surface area contributed by atoms with Crippen LogP contribution in [0.1, 0.15) is 63.3 Å². The fraction of sp³-hybridized carbons (Fsp3) is 0.619. The summed E-state index contributed by atoms with van der Waals surface area (Å²) in [6.07, 6.45) is 1.51. The van der Waals surface area contributed by atoms with E-state index in [9.17, 15) is 5.11 Å². The maximum Gasteiger partial charge on any atom is 0.143 e. The fourth-order valence-electron chi connectivity index (χ4n) is 3.36. The third kappa shape index (κ3) is 3.87. The minimum Gasteiger partial charge on any atom is -0.496 e. The van der Waals surface area contributed by atoms with E-state index in [1.807, 2.05) is 0 Å². The minimum absolute atomic E-state index is 0.109. The first-order chi connectivity index (χ1) is 10.9. The largest absolute Gasteiger partial charge is 0.496 e. The number of methoxy groups -OCH3 is 1. The van der Waals surface area contributed by atoms with E-state index in [1.54, 1.807) is 7.11 Å². The van der Waals surface area contributed by atoms with Crippen LogP contribution in [0.3, 0.4) is 0 Å². The Bertz CT molecular complexity index is 684. The number of aliphatic hydroxyl groups excluding tert-OH is 1. The number of fused-ring (bicyclic) bond motifs is 1. The Labute approximate surface area is 148 Å². The van der Waals surface area contributed by atoms with Crippen LogP contribution >= 0.6 is 0 Å². The third-order valence-corrected chi connectivity index (χ3v) is 5.98. The van der Waals surface area contributed by atoms with E-state index in [0.717, 1.165) is 24.2 Å². The van der Waals surface area contributed by atoms with Gasteiger partial charge in [0.05, 0.1) is 7.11 Å². The predicted octanol–water partition coefficient (Wildman–Crippen LogP) is 4.96. The molecule has 2 rings (SSSR count). The zero-order chi connectivity index (χ0) is 18.3. The highest BCUT2D eigenvalue weighted by molar-refractivity contribution is 6.83. The van der Waals surface area contributed by atoms with Crippen LogP contribution in [0.5, 0.6) is 5.75 Å². The second-order valence-electron chi connectivity index (χ2n) is 9.33. The van der Waals surface area contributed by atoms with Gasteiger partial charge in [0.2, 0.25) is 0 Å². The van der Waals surface area contributed by atoms with Crippen molar-refractivity contribution in [3.05, 3.63) is 28.8 Å². The second-order valence-corrected chi connectivity index (χ2v) is 14.1. The van der Waals surface area contributed by atoms with Crippen molar-refractivity contribution in [3.63, 3.8) is 0 Å². The normalized spacial score (nSPS) is 19.7. The lowest BCUT2D eigenvalue weighted by atomic mass is 9.63. The highest BCUT2D eigenvalue weighted by Crippen LogP contribution is 2.48. The van der Waals surface area contributed by atoms with Gasteiger partial charge < -0.3 is 9.84 Å². The summed E-state index contributed by atoms with van der Waals surface area (Å²) in [5.41, 5.74) is 6.97. The zero-order valence-corrected chi connectivity index (χ0v) is 17.5. The lowest BCUT2D eigenvalue weighted by Crippen LogP contribution is -2.34. The highest BCUT2D eigenvalue weighted by Gasteiger charge is 2.38. The molecular weight excluding hydrogens is 312 g/mol. The molecule has 0 fully saturated rings. The zero-order valence-electron chi connectivity index (χ0n) is 16.5. The van der Waals surface area contributed by atoms with Gasteiger partial charge in [-0.05, 0) is 46.9 Å². The summed E-state index contributed by atoms with van der Waals surface area (Å²) in [6.45, 7) is 15.7. The molecule has 0 bridgehead atoms. The van der Waals surface area contributed by atoms with Crippen LogP contribution in [-0.2, 0) is 10.8 Å². The standard InChI is InChI=1S/C21H32O2Si/c1-20(2)10-11-21(3,4)17-14-19(23-5)15(13-16(17)20)18(22)9-12-24(6,7)8/h13-14,18,22H,10-11H2,1-8H3. The minimum atomic E-state index is -1.52. The molecule has 24 heavy (non-hydrogen) atoms. The Morgan fingerprint density at radius 1 is 1.04 bits per heavy atom. The van der Waals surface area contributed by atoms with E-state index in [0.29, 0.717) is 0 Å². The summed E-state index contributed by atoms with van der Waals surface area (Å²) >= 11 is 0. The topological polar surface area (TPSA) is 29.5 Å². The number of benzene rings is 1. The third-order valence-electron chi connectivity index (χ3n) is 5.08. The molecule has 1 atom stereocenters. The molecule has 0 saturated heterocycles. The van der Waals surface area contributed by atoms with E-state index in [4.69, 9.17) is 4.74 Å². The first-order valence-corrected chi connectivity index (χ1v) is 12.3. The van der Waals surface area contributed by atoms with Gasteiger partial charge in [0.15, 0.2) is 0 Å². The quantitative estimate of drug-likeness (QED) is 0.607. The first-order valence-electron chi connectivity index (χ1n) is 8.81. The van der Waals surface area contributed by atoms with Gasteiger partial charge in [-0.3, -0.25) is 0 Å². The van der Waals surface area contributed by atoms with Crippen molar-refractivity contribution in [1.82, 2.24) is 0 Å². The molecule has 2 nitrogen and oxygen atoms in total. The summed E-state index contributed by atoms with van der Waals surface area (Å²) in [6, 6.07) is 4.27. The van der Waals surface area contributed by atoms with Gasteiger partial charge in [-0.1, -0.05) is 53.3 Å². The van der Waals surface area contributed by atoms with Crippen molar-refractivity contribution in [2.45, 2.75) is 77.1 Å². The number of ether oxygens (including phenoxy) is 1. The smallest absolute Gasteiger partial charge is 0.143 e. The summed E-state index contributed by atoms with van der Waals surface area (Å²) < 4.78 is 5.61. The van der Waals surface area contributed by atoms with Gasteiger partial charge in [0.1, 0.15) is 19.9 Å². The summed E-state index contributed by atoms with van der Waals surface area (Å²) in [4.78, 5) is 0. The van der Waals surface area contributed by atoms with Crippen LogP contribution in [0.25, 0.3) is 0 Å². The predicted molar refractivity (Wildman–Crippen MR) is 104 cm³/mol. The molecule has 0 saturated carbocycles. The molecule has 1 aliphatic rings. The molecular formula is C21H32O2Si. The van der Waals surface area contributed by atoms with Gasteiger partial charge in [0, 0.05) is 5.56 Å². The molecule has 0 spiro atoms. The van der Waals surface area contributed by atoms with Gasteiger partial charge in [-0.2, -0.15) is 0 Å². The highest BCUT2D eigenvalue weighted by atomic mass is 28.3. The molecule has 0 aromatic heterocycles. The molecule has 1 N–H and O–H groups in total. The van der Waals surface area contributed by atoms with Crippen LogP contribution in [0, 0.1) is 11.5 Å². The van der Waals surface area contributed by atoms with Crippen LogP contribution in [0.15, 0.2) is 12.1 Å². The summed E-state index contributed by atoms with van der Waals surface area (Å²) in [7, 11) is 0.149. The Morgan fingerprint density at radius 2 is 1.54 bits per heavy atom. The Hall–Kier alpha value is -1.24. The average molecular weight is 345 g/mol. The van der Waals surface area contributed by atoms with Gasteiger partial charge in [-0.15, -0.1) is 5.54 Å². The van der Waals surface area contributed by atoms with E-state index in [2.05, 4.69) is 70.9 Å². The SMILES string of the molecule is COc1cc2c(cc1C(O)C#C[Si](C)(C)C)C(C)(C)CCC2(C)C. The number of hydrogen-bond donors (Lipinski definition) is 1. The van der Waals surface area contributed by atoms with Gasteiger partial charge in [0.25, 0.3) is 0 Å². The maximum absolute atomic E-state index is 10.7. The van der Waals surface area contributed by atoms with E-state index < -0.39 is 14.2 Å². The molecule has 3 heteroatoms. The van der Waals surface area contributed by atoms with E-state index in [1.165, 1.54) is 11.1 Å². The van der Waals surface area contributed by atoms with E-state index >= 15 is 0 Å². The Balaban J connectivity index is 2.60. The van der Waals surface area contributed by atoms with Crippen LogP contribution in [0.2, 0.25) is 19.6 Å². The molecule has 0 heterocycles. The van der Waals surface area contributed by atoms with Crippen molar-refractivity contribution in [3.8, 4) is 17.2 Å². The first kappa shape index (κ1) is 19.1. The maximum atomic E-state index is 10.7. The molecule has 0 amide bonds. The lowest BCUT2D eigenvalue weighted by Gasteiger charge is -2.42. The van der Waals surface area contributed by atoms with Crippen molar-refractivity contribution in [1.29, 1.82) is 0 Å². The number of rotatable bonds is 2. The summed E-state index contributed by atoms with van der Waals surface area (Å²) in [5, 5.41) is 10.7. The molecule has 0 aliphatic heterocycles.